The lowest BCUT2D eigenvalue weighted by Gasteiger charge is -2.33. The number of likely N-dealkylation sites (tertiary alicyclic amines) is 1. The molecule has 1 aliphatic rings. The van der Waals surface area contributed by atoms with E-state index in [1.54, 1.807) is 24.3 Å². The van der Waals surface area contributed by atoms with Gasteiger partial charge in [0.05, 0.1) is 0 Å². The summed E-state index contributed by atoms with van der Waals surface area (Å²) < 4.78 is 0. The van der Waals surface area contributed by atoms with Crippen molar-refractivity contribution in [1.29, 1.82) is 0 Å². The molecule has 4 heteroatoms. The Kier molecular flexibility index (Phi) is 4.43. The summed E-state index contributed by atoms with van der Waals surface area (Å²) in [6.45, 7) is 5.89. The zero-order valence-electron chi connectivity index (χ0n) is 11.6. The number of hydrogen-bond acceptors (Lipinski definition) is 3. The number of nitrogens with zero attached hydrogens (tertiary/aromatic N) is 1. The van der Waals surface area contributed by atoms with E-state index in [1.165, 1.54) is 0 Å². The summed E-state index contributed by atoms with van der Waals surface area (Å²) >= 11 is 0. The summed E-state index contributed by atoms with van der Waals surface area (Å²) in [5.74, 6) is 0.249. The minimum Gasteiger partial charge on any atom is -0.508 e. The molecule has 0 radical (unpaired) electrons. The molecule has 0 bridgehead atoms. The predicted octanol–water partition coefficient (Wildman–Crippen LogP) is 1.99. The molecule has 1 aromatic carbocycles. The maximum Gasteiger partial charge on any atom is 0.253 e. The van der Waals surface area contributed by atoms with Crippen LogP contribution in [0, 0.1) is 0 Å². The second-order valence-corrected chi connectivity index (χ2v) is 5.43. The minimum atomic E-state index is 0.0583. The van der Waals surface area contributed by atoms with E-state index in [9.17, 15) is 9.90 Å². The second-order valence-electron chi connectivity index (χ2n) is 5.43. The van der Waals surface area contributed by atoms with Crippen LogP contribution in [0.25, 0.3) is 0 Å². The van der Waals surface area contributed by atoms with Gasteiger partial charge in [-0.2, -0.15) is 0 Å². The van der Waals surface area contributed by atoms with E-state index in [1.807, 2.05) is 4.90 Å². The first-order valence-corrected chi connectivity index (χ1v) is 6.90. The van der Waals surface area contributed by atoms with Crippen molar-refractivity contribution in [2.24, 2.45) is 0 Å². The molecule has 2 rings (SSSR count). The average Bonchev–Trinajstić information content (AvgIpc) is 2.39. The van der Waals surface area contributed by atoms with Crippen LogP contribution in [-0.4, -0.2) is 41.1 Å². The highest BCUT2D eigenvalue weighted by atomic mass is 16.3. The van der Waals surface area contributed by atoms with E-state index in [2.05, 4.69) is 19.2 Å². The van der Waals surface area contributed by atoms with Crippen molar-refractivity contribution < 1.29 is 9.90 Å². The molecule has 1 aliphatic heterocycles. The number of carbonyl (C=O) groups excluding carboxylic acids is 1. The van der Waals surface area contributed by atoms with Gasteiger partial charge >= 0.3 is 0 Å². The number of carbonyl (C=O) groups is 1. The van der Waals surface area contributed by atoms with Gasteiger partial charge in [-0.1, -0.05) is 13.8 Å². The van der Waals surface area contributed by atoms with E-state index in [-0.39, 0.29) is 11.7 Å². The Bertz CT molecular complexity index is 420. The van der Waals surface area contributed by atoms with Gasteiger partial charge in [-0.3, -0.25) is 4.79 Å². The molecule has 1 fully saturated rings. The van der Waals surface area contributed by atoms with Crippen LogP contribution in [0.2, 0.25) is 0 Å². The zero-order valence-corrected chi connectivity index (χ0v) is 11.6. The average molecular weight is 262 g/mol. The third kappa shape index (κ3) is 3.70. The van der Waals surface area contributed by atoms with Crippen molar-refractivity contribution >= 4 is 5.91 Å². The lowest BCUT2D eigenvalue weighted by atomic mass is 10.0. The lowest BCUT2D eigenvalue weighted by Crippen LogP contribution is -2.46. The number of hydrogen-bond donors (Lipinski definition) is 2. The van der Waals surface area contributed by atoms with Gasteiger partial charge in [0, 0.05) is 30.7 Å². The van der Waals surface area contributed by atoms with Crippen LogP contribution in [0.3, 0.4) is 0 Å². The Morgan fingerprint density at radius 2 is 1.84 bits per heavy atom. The molecule has 0 aliphatic carbocycles. The van der Waals surface area contributed by atoms with Gasteiger partial charge in [0.15, 0.2) is 0 Å². The molecule has 104 valence electrons. The fourth-order valence-electron chi connectivity index (χ4n) is 2.51. The first kappa shape index (κ1) is 13.9. The second kappa shape index (κ2) is 6.06. The summed E-state index contributed by atoms with van der Waals surface area (Å²) in [6.07, 6.45) is 2.00. The smallest absolute Gasteiger partial charge is 0.253 e. The molecule has 19 heavy (non-hydrogen) atoms. The SMILES string of the molecule is CC(C)NC1CCN(C(=O)c2ccc(O)cc2)CC1. The Labute approximate surface area is 114 Å². The van der Waals surface area contributed by atoms with E-state index in [0.29, 0.717) is 17.6 Å². The van der Waals surface area contributed by atoms with E-state index in [4.69, 9.17) is 0 Å². The molecule has 1 heterocycles. The van der Waals surface area contributed by atoms with Crippen molar-refractivity contribution in [2.75, 3.05) is 13.1 Å². The lowest BCUT2D eigenvalue weighted by molar-refractivity contribution is 0.0703. The topological polar surface area (TPSA) is 52.6 Å². The number of rotatable bonds is 3. The largest absolute Gasteiger partial charge is 0.508 e. The fraction of sp³-hybridized carbons (Fsp3) is 0.533. The zero-order chi connectivity index (χ0) is 13.8. The highest BCUT2D eigenvalue weighted by Gasteiger charge is 2.23. The molecule has 4 nitrogen and oxygen atoms in total. The Morgan fingerprint density at radius 1 is 1.26 bits per heavy atom. The summed E-state index contributed by atoms with van der Waals surface area (Å²) in [6, 6.07) is 7.47. The molecule has 1 aromatic rings. The van der Waals surface area contributed by atoms with Crippen molar-refractivity contribution in [3.63, 3.8) is 0 Å². The normalized spacial score (nSPS) is 16.9. The van der Waals surface area contributed by atoms with Crippen LogP contribution in [0.4, 0.5) is 0 Å². The molecule has 2 N–H and O–H groups in total. The molecule has 0 spiro atoms. The number of piperidine rings is 1. The van der Waals surface area contributed by atoms with Crippen LogP contribution >= 0.6 is 0 Å². The first-order chi connectivity index (χ1) is 9.06. The van der Waals surface area contributed by atoms with Gasteiger partial charge < -0.3 is 15.3 Å². The summed E-state index contributed by atoms with van der Waals surface area (Å²) in [5, 5.41) is 12.8. The molecule has 0 atom stereocenters. The number of phenolic OH excluding ortho intramolecular Hbond substituents is 1. The summed E-state index contributed by atoms with van der Waals surface area (Å²) in [4.78, 5) is 14.2. The van der Waals surface area contributed by atoms with Gasteiger partial charge in [0.25, 0.3) is 5.91 Å². The predicted molar refractivity (Wildman–Crippen MR) is 75.3 cm³/mol. The first-order valence-electron chi connectivity index (χ1n) is 6.90. The molecule has 0 saturated carbocycles. The summed E-state index contributed by atoms with van der Waals surface area (Å²) in [5.41, 5.74) is 0.646. The van der Waals surface area contributed by atoms with Crippen LogP contribution in [-0.2, 0) is 0 Å². The van der Waals surface area contributed by atoms with Crippen LogP contribution in [0.1, 0.15) is 37.0 Å². The molecule has 1 saturated heterocycles. The van der Waals surface area contributed by atoms with E-state index >= 15 is 0 Å². The number of benzene rings is 1. The monoisotopic (exact) mass is 262 g/mol. The van der Waals surface area contributed by atoms with Crippen LogP contribution in [0.15, 0.2) is 24.3 Å². The molecule has 0 unspecified atom stereocenters. The molecular formula is C15H22N2O2. The Hall–Kier alpha value is -1.55. The Morgan fingerprint density at radius 3 is 2.37 bits per heavy atom. The maximum atomic E-state index is 12.3. The number of aromatic hydroxyl groups is 1. The van der Waals surface area contributed by atoms with Gasteiger partial charge in [-0.05, 0) is 37.1 Å². The van der Waals surface area contributed by atoms with Crippen LogP contribution in [0.5, 0.6) is 5.75 Å². The highest BCUT2D eigenvalue weighted by molar-refractivity contribution is 5.94. The van der Waals surface area contributed by atoms with Gasteiger partial charge in [-0.25, -0.2) is 0 Å². The van der Waals surface area contributed by atoms with Crippen molar-refractivity contribution in [3.8, 4) is 5.75 Å². The van der Waals surface area contributed by atoms with Crippen molar-refractivity contribution in [2.45, 2.75) is 38.8 Å². The quantitative estimate of drug-likeness (QED) is 0.876. The van der Waals surface area contributed by atoms with Crippen molar-refractivity contribution in [3.05, 3.63) is 29.8 Å². The molecule has 0 aromatic heterocycles. The van der Waals surface area contributed by atoms with Crippen molar-refractivity contribution in [1.82, 2.24) is 10.2 Å². The van der Waals surface area contributed by atoms with Gasteiger partial charge in [-0.15, -0.1) is 0 Å². The standard InChI is InChI=1S/C15H22N2O2/c1-11(2)16-13-7-9-17(10-8-13)15(19)12-3-5-14(18)6-4-12/h3-6,11,13,16,18H,7-10H2,1-2H3. The van der Waals surface area contributed by atoms with Gasteiger partial charge in [0.2, 0.25) is 0 Å². The molecule has 1 amide bonds. The minimum absolute atomic E-state index is 0.0583. The van der Waals surface area contributed by atoms with E-state index < -0.39 is 0 Å². The number of phenols is 1. The summed E-state index contributed by atoms with van der Waals surface area (Å²) in [7, 11) is 0. The number of nitrogens with one attached hydrogen (secondary N) is 1. The van der Waals surface area contributed by atoms with Crippen LogP contribution < -0.4 is 5.32 Å². The fourth-order valence-corrected chi connectivity index (χ4v) is 2.51. The molecular weight excluding hydrogens is 240 g/mol. The Balaban J connectivity index is 1.90. The van der Waals surface area contributed by atoms with E-state index in [0.717, 1.165) is 25.9 Å². The third-order valence-electron chi connectivity index (χ3n) is 3.47. The highest BCUT2D eigenvalue weighted by Crippen LogP contribution is 2.16. The third-order valence-corrected chi connectivity index (χ3v) is 3.47. The van der Waals surface area contributed by atoms with Gasteiger partial charge in [0.1, 0.15) is 5.75 Å². The number of amides is 1. The maximum absolute atomic E-state index is 12.3.